The Morgan fingerprint density at radius 1 is 1.19 bits per heavy atom. The number of aromatic nitrogens is 2. The maximum atomic E-state index is 13.0. The standard InChI is InChI=1S/C23H22N4O3S/c1-13(28)24-11-14-9-10-20(30-14)19-12-31-23(26-19)27-22(29)17-7-4-6-16-15-5-2-3-8-18(15)25-21(16)17/h4,6-7,9-10,12,25H,2-3,5,8,11H2,1H3,(H,24,28)(H,26,27,29). The van der Waals surface area contributed by atoms with Gasteiger partial charge in [-0.2, -0.15) is 0 Å². The molecule has 0 aliphatic heterocycles. The molecule has 31 heavy (non-hydrogen) atoms. The van der Waals surface area contributed by atoms with E-state index in [-0.39, 0.29) is 11.8 Å². The zero-order valence-electron chi connectivity index (χ0n) is 17.1. The minimum absolute atomic E-state index is 0.116. The number of fused-ring (bicyclic) bond motifs is 3. The molecule has 0 spiro atoms. The molecule has 2 amide bonds. The summed E-state index contributed by atoms with van der Waals surface area (Å²) in [6, 6.07) is 9.48. The number of carbonyl (C=O) groups excluding carboxylic acids is 2. The lowest BCUT2D eigenvalue weighted by Crippen LogP contribution is -2.18. The van der Waals surface area contributed by atoms with Crippen LogP contribution in [0.5, 0.6) is 0 Å². The predicted octanol–water partition coefficient (Wildman–Crippen LogP) is 4.65. The van der Waals surface area contributed by atoms with E-state index in [0.29, 0.717) is 34.5 Å². The van der Waals surface area contributed by atoms with E-state index >= 15 is 0 Å². The number of para-hydroxylation sites is 1. The number of thiazole rings is 1. The molecule has 0 unspecified atom stereocenters. The van der Waals surface area contributed by atoms with Crippen molar-refractivity contribution in [1.29, 1.82) is 0 Å². The van der Waals surface area contributed by atoms with Gasteiger partial charge >= 0.3 is 0 Å². The first-order valence-corrected chi connectivity index (χ1v) is 11.2. The van der Waals surface area contributed by atoms with Gasteiger partial charge in [0.2, 0.25) is 5.91 Å². The van der Waals surface area contributed by atoms with Gasteiger partial charge < -0.3 is 14.7 Å². The highest BCUT2D eigenvalue weighted by Gasteiger charge is 2.20. The Bertz CT molecular complexity index is 1280. The van der Waals surface area contributed by atoms with Crippen molar-refractivity contribution in [3.63, 3.8) is 0 Å². The quantitative estimate of drug-likeness (QED) is 0.426. The summed E-state index contributed by atoms with van der Waals surface area (Å²) < 4.78 is 5.74. The average Bonchev–Trinajstić information content (AvgIpc) is 3.49. The highest BCUT2D eigenvalue weighted by Crippen LogP contribution is 2.32. The number of carbonyl (C=O) groups is 2. The summed E-state index contributed by atoms with van der Waals surface area (Å²) in [7, 11) is 0. The van der Waals surface area contributed by atoms with Gasteiger partial charge in [-0.05, 0) is 49.4 Å². The lowest BCUT2D eigenvalue weighted by atomic mass is 9.95. The van der Waals surface area contributed by atoms with Gasteiger partial charge in [-0.25, -0.2) is 4.98 Å². The molecule has 1 aliphatic carbocycles. The van der Waals surface area contributed by atoms with Crippen molar-refractivity contribution >= 4 is 39.2 Å². The number of aromatic amines is 1. The van der Waals surface area contributed by atoms with Crippen LogP contribution in [0.4, 0.5) is 5.13 Å². The minimum atomic E-state index is -0.184. The summed E-state index contributed by atoms with van der Waals surface area (Å²) in [5.74, 6) is 0.938. The maximum absolute atomic E-state index is 13.0. The Morgan fingerprint density at radius 3 is 2.94 bits per heavy atom. The van der Waals surface area contributed by atoms with E-state index in [2.05, 4.69) is 26.7 Å². The Balaban J connectivity index is 1.35. The zero-order valence-corrected chi connectivity index (χ0v) is 17.9. The van der Waals surface area contributed by atoms with Gasteiger partial charge in [0.25, 0.3) is 5.91 Å². The number of benzene rings is 1. The van der Waals surface area contributed by atoms with Crippen LogP contribution in [-0.4, -0.2) is 21.8 Å². The van der Waals surface area contributed by atoms with Crippen molar-refractivity contribution in [2.24, 2.45) is 0 Å². The molecule has 7 nitrogen and oxygen atoms in total. The van der Waals surface area contributed by atoms with E-state index in [0.717, 1.165) is 23.7 Å². The fourth-order valence-corrected chi connectivity index (χ4v) is 4.74. The Labute approximate surface area is 182 Å². The fourth-order valence-electron chi connectivity index (χ4n) is 4.05. The molecule has 158 valence electrons. The summed E-state index contributed by atoms with van der Waals surface area (Å²) in [6.45, 7) is 1.79. The van der Waals surface area contributed by atoms with Gasteiger partial charge in [-0.15, -0.1) is 11.3 Å². The van der Waals surface area contributed by atoms with Crippen LogP contribution < -0.4 is 10.6 Å². The number of nitrogens with one attached hydrogen (secondary N) is 3. The maximum Gasteiger partial charge on any atom is 0.259 e. The van der Waals surface area contributed by atoms with Crippen LogP contribution in [0.25, 0.3) is 22.4 Å². The molecule has 0 saturated carbocycles. The van der Waals surface area contributed by atoms with E-state index in [4.69, 9.17) is 4.42 Å². The number of amides is 2. The molecule has 3 aromatic heterocycles. The van der Waals surface area contributed by atoms with Gasteiger partial charge in [0.1, 0.15) is 11.5 Å². The average molecular weight is 435 g/mol. The summed E-state index contributed by atoms with van der Waals surface area (Å²) in [5.41, 5.74) is 4.77. The number of furan rings is 1. The van der Waals surface area contributed by atoms with Crippen molar-refractivity contribution < 1.29 is 14.0 Å². The Kier molecular flexibility index (Phi) is 5.07. The van der Waals surface area contributed by atoms with Crippen LogP contribution in [0.3, 0.4) is 0 Å². The van der Waals surface area contributed by atoms with E-state index < -0.39 is 0 Å². The van der Waals surface area contributed by atoms with E-state index in [1.165, 1.54) is 42.4 Å². The number of rotatable bonds is 5. The molecule has 5 rings (SSSR count). The van der Waals surface area contributed by atoms with Crippen LogP contribution >= 0.6 is 11.3 Å². The number of nitrogens with zero attached hydrogens (tertiary/aromatic N) is 1. The number of hydrogen-bond acceptors (Lipinski definition) is 5. The molecule has 0 bridgehead atoms. The fraction of sp³-hybridized carbons (Fsp3) is 0.261. The van der Waals surface area contributed by atoms with Crippen LogP contribution in [0.2, 0.25) is 0 Å². The van der Waals surface area contributed by atoms with Gasteiger partial charge in [0.15, 0.2) is 10.9 Å². The van der Waals surface area contributed by atoms with Gasteiger partial charge in [0, 0.05) is 23.4 Å². The monoisotopic (exact) mass is 434 g/mol. The summed E-state index contributed by atoms with van der Waals surface area (Å²) >= 11 is 1.34. The van der Waals surface area contributed by atoms with Gasteiger partial charge in [-0.1, -0.05) is 12.1 Å². The lowest BCUT2D eigenvalue weighted by Gasteiger charge is -2.10. The second kappa shape index (κ2) is 8.03. The molecule has 1 aromatic carbocycles. The van der Waals surface area contributed by atoms with Crippen molar-refractivity contribution in [3.05, 3.63) is 58.3 Å². The van der Waals surface area contributed by atoms with Gasteiger partial charge in [-0.3, -0.25) is 14.9 Å². The molecule has 0 saturated heterocycles. The molecule has 3 N–H and O–H groups in total. The van der Waals surface area contributed by atoms with Crippen LogP contribution in [-0.2, 0) is 24.2 Å². The highest BCUT2D eigenvalue weighted by atomic mass is 32.1. The molecule has 4 aromatic rings. The summed E-state index contributed by atoms with van der Waals surface area (Å²) in [4.78, 5) is 32.0. The molecular formula is C23H22N4O3S. The predicted molar refractivity (Wildman–Crippen MR) is 120 cm³/mol. The number of H-pyrrole nitrogens is 1. The SMILES string of the molecule is CC(=O)NCc1ccc(-c2csc(NC(=O)c3cccc4c5c([nH]c34)CCCC5)n2)o1. The van der Waals surface area contributed by atoms with Crippen molar-refractivity contribution in [3.8, 4) is 11.5 Å². The number of aryl methyl sites for hydroxylation is 2. The first kappa shape index (κ1) is 19.6. The van der Waals surface area contributed by atoms with Crippen molar-refractivity contribution in [2.75, 3.05) is 5.32 Å². The third-order valence-electron chi connectivity index (χ3n) is 5.53. The lowest BCUT2D eigenvalue weighted by molar-refractivity contribution is -0.119. The van der Waals surface area contributed by atoms with E-state index in [1.54, 1.807) is 6.07 Å². The zero-order chi connectivity index (χ0) is 21.4. The van der Waals surface area contributed by atoms with Gasteiger partial charge in [0.05, 0.1) is 17.6 Å². The number of hydrogen-bond donors (Lipinski definition) is 3. The minimum Gasteiger partial charge on any atom is -0.458 e. The topological polar surface area (TPSA) is 100 Å². The van der Waals surface area contributed by atoms with E-state index in [9.17, 15) is 9.59 Å². The molecule has 0 atom stereocenters. The first-order valence-electron chi connectivity index (χ1n) is 10.3. The summed E-state index contributed by atoms with van der Waals surface area (Å²) in [6.07, 6.45) is 4.47. The van der Waals surface area contributed by atoms with Crippen molar-refractivity contribution in [1.82, 2.24) is 15.3 Å². The number of anilines is 1. The third-order valence-corrected chi connectivity index (χ3v) is 6.29. The Morgan fingerprint density at radius 2 is 2.06 bits per heavy atom. The molecular weight excluding hydrogens is 412 g/mol. The third kappa shape index (κ3) is 3.86. The van der Waals surface area contributed by atoms with E-state index in [1.807, 2.05) is 23.6 Å². The molecule has 8 heteroatoms. The molecule has 0 fully saturated rings. The van der Waals surface area contributed by atoms with Crippen LogP contribution in [0.15, 0.2) is 40.1 Å². The Hall–Kier alpha value is -3.39. The molecule has 3 heterocycles. The normalized spacial score (nSPS) is 13.2. The molecule has 1 aliphatic rings. The highest BCUT2D eigenvalue weighted by molar-refractivity contribution is 7.14. The van der Waals surface area contributed by atoms with Crippen LogP contribution in [0.1, 0.15) is 47.1 Å². The molecule has 0 radical (unpaired) electrons. The summed E-state index contributed by atoms with van der Waals surface area (Å²) in [5, 5.41) is 9.10. The largest absolute Gasteiger partial charge is 0.458 e. The first-order chi connectivity index (χ1) is 15.1. The second-order valence-electron chi connectivity index (χ2n) is 7.69. The smallest absolute Gasteiger partial charge is 0.259 e. The van der Waals surface area contributed by atoms with Crippen molar-refractivity contribution in [2.45, 2.75) is 39.2 Å². The van der Waals surface area contributed by atoms with Crippen LogP contribution in [0, 0.1) is 0 Å². The second-order valence-corrected chi connectivity index (χ2v) is 8.54.